The molecule has 31 heavy (non-hydrogen) atoms. The molecule has 4 rings (SSSR count). The number of furan rings is 1. The minimum absolute atomic E-state index is 0.0587. The van der Waals surface area contributed by atoms with Gasteiger partial charge in [0.1, 0.15) is 0 Å². The van der Waals surface area contributed by atoms with Gasteiger partial charge in [0.05, 0.1) is 29.6 Å². The molecule has 1 N–H and O–H groups in total. The lowest BCUT2D eigenvalue weighted by molar-refractivity contribution is 0.0482. The van der Waals surface area contributed by atoms with Gasteiger partial charge in [-0.3, -0.25) is 19.3 Å². The number of carbonyl (C=O) groups is 4. The maximum atomic E-state index is 12.3. The van der Waals surface area contributed by atoms with Crippen LogP contribution in [0, 0.1) is 0 Å². The smallest absolute Gasteiger partial charge is 0.338 e. The molecule has 2 heterocycles. The standard InChI is InChI=1S/C23H18N2O6/c26-20(19-7-3-13-30-19)24-16-10-8-15(9-11-16)23(29)31-14-4-12-25-21(27)17-5-1-2-6-18(17)22(25)28/h1-3,5-11,13H,4,12,14H2,(H,24,26). The Morgan fingerprint density at radius 3 is 2.19 bits per heavy atom. The average Bonchev–Trinajstić information content (AvgIpc) is 3.41. The number of nitrogens with zero attached hydrogens (tertiary/aromatic N) is 1. The van der Waals surface area contributed by atoms with E-state index in [0.29, 0.717) is 28.8 Å². The fraction of sp³-hybridized carbons (Fsp3) is 0.130. The first kappa shape index (κ1) is 20.1. The number of fused-ring (bicyclic) bond motifs is 1. The molecule has 0 unspecified atom stereocenters. The number of hydrogen-bond donors (Lipinski definition) is 1. The molecule has 8 nitrogen and oxygen atoms in total. The van der Waals surface area contributed by atoms with Gasteiger partial charge in [-0.05, 0) is 55.0 Å². The number of nitrogens with one attached hydrogen (secondary N) is 1. The van der Waals surface area contributed by atoms with E-state index >= 15 is 0 Å². The molecule has 3 amide bonds. The number of ether oxygens (including phenoxy) is 1. The zero-order valence-corrected chi connectivity index (χ0v) is 16.4. The zero-order valence-electron chi connectivity index (χ0n) is 16.4. The van der Waals surface area contributed by atoms with Crippen molar-refractivity contribution in [2.75, 3.05) is 18.5 Å². The molecule has 8 heteroatoms. The third-order valence-electron chi connectivity index (χ3n) is 4.76. The fourth-order valence-corrected chi connectivity index (χ4v) is 3.20. The van der Waals surface area contributed by atoms with Crippen molar-refractivity contribution < 1.29 is 28.3 Å². The monoisotopic (exact) mass is 418 g/mol. The molecular weight excluding hydrogens is 400 g/mol. The molecular formula is C23H18N2O6. The van der Waals surface area contributed by atoms with Crippen LogP contribution < -0.4 is 5.32 Å². The minimum Gasteiger partial charge on any atom is -0.462 e. The summed E-state index contributed by atoms with van der Waals surface area (Å²) < 4.78 is 10.2. The van der Waals surface area contributed by atoms with E-state index in [1.165, 1.54) is 18.4 Å². The SMILES string of the molecule is O=C(OCCCN1C(=O)c2ccccc2C1=O)c1ccc(NC(=O)c2ccco2)cc1. The van der Waals surface area contributed by atoms with E-state index in [0.717, 1.165) is 4.90 Å². The summed E-state index contributed by atoms with van der Waals surface area (Å²) in [7, 11) is 0. The van der Waals surface area contributed by atoms with Gasteiger partial charge in [-0.25, -0.2) is 4.79 Å². The molecule has 0 saturated heterocycles. The second-order valence-electron chi connectivity index (χ2n) is 6.81. The van der Waals surface area contributed by atoms with Crippen LogP contribution in [0.3, 0.4) is 0 Å². The molecule has 0 radical (unpaired) electrons. The van der Waals surface area contributed by atoms with Gasteiger partial charge in [0.15, 0.2) is 5.76 Å². The molecule has 0 atom stereocenters. The van der Waals surface area contributed by atoms with Crippen LogP contribution in [-0.2, 0) is 4.74 Å². The largest absolute Gasteiger partial charge is 0.462 e. The van der Waals surface area contributed by atoms with Gasteiger partial charge in [-0.1, -0.05) is 12.1 Å². The van der Waals surface area contributed by atoms with Crippen molar-refractivity contribution in [1.82, 2.24) is 4.90 Å². The summed E-state index contributed by atoms with van der Waals surface area (Å²) in [6.07, 6.45) is 1.73. The molecule has 0 fully saturated rings. The third kappa shape index (κ3) is 4.23. The number of esters is 1. The van der Waals surface area contributed by atoms with Crippen molar-refractivity contribution in [3.8, 4) is 0 Å². The molecule has 0 bridgehead atoms. The summed E-state index contributed by atoms with van der Waals surface area (Å²) in [4.78, 5) is 49.9. The molecule has 156 valence electrons. The van der Waals surface area contributed by atoms with E-state index in [1.807, 2.05) is 0 Å². The number of benzene rings is 2. The second-order valence-corrected chi connectivity index (χ2v) is 6.81. The highest BCUT2D eigenvalue weighted by Gasteiger charge is 2.34. The van der Waals surface area contributed by atoms with Gasteiger partial charge < -0.3 is 14.5 Å². The van der Waals surface area contributed by atoms with Gasteiger partial charge >= 0.3 is 5.97 Å². The maximum absolute atomic E-state index is 12.3. The van der Waals surface area contributed by atoms with Crippen LogP contribution in [0.1, 0.15) is 48.0 Å². The molecule has 1 aromatic heterocycles. The van der Waals surface area contributed by atoms with Crippen LogP contribution in [-0.4, -0.2) is 41.7 Å². The zero-order chi connectivity index (χ0) is 21.8. The van der Waals surface area contributed by atoms with Gasteiger partial charge in [0.25, 0.3) is 17.7 Å². The van der Waals surface area contributed by atoms with Crippen molar-refractivity contribution in [3.63, 3.8) is 0 Å². The van der Waals surface area contributed by atoms with E-state index in [1.54, 1.807) is 48.5 Å². The van der Waals surface area contributed by atoms with Gasteiger partial charge in [-0.2, -0.15) is 0 Å². The van der Waals surface area contributed by atoms with Gasteiger partial charge in [0, 0.05) is 12.2 Å². The number of carbonyl (C=O) groups excluding carboxylic acids is 4. The second kappa shape index (κ2) is 8.66. The number of amides is 3. The predicted octanol–water partition coefficient (Wildman–Crippen LogP) is 3.38. The Hall–Kier alpha value is -4.20. The van der Waals surface area contributed by atoms with E-state index in [2.05, 4.69) is 5.32 Å². The fourth-order valence-electron chi connectivity index (χ4n) is 3.20. The third-order valence-corrected chi connectivity index (χ3v) is 4.76. The Bertz CT molecular complexity index is 1100. The highest BCUT2D eigenvalue weighted by atomic mass is 16.5. The quantitative estimate of drug-likeness (QED) is 0.358. The summed E-state index contributed by atoms with van der Waals surface area (Å²) in [5.41, 5.74) is 1.60. The van der Waals surface area contributed by atoms with Crippen molar-refractivity contribution in [3.05, 3.63) is 89.4 Å². The van der Waals surface area contributed by atoms with Crippen LogP contribution >= 0.6 is 0 Å². The maximum Gasteiger partial charge on any atom is 0.338 e. The normalized spacial score (nSPS) is 12.6. The first-order valence-electron chi connectivity index (χ1n) is 9.62. The molecule has 0 aliphatic carbocycles. The lowest BCUT2D eigenvalue weighted by atomic mass is 10.1. The van der Waals surface area contributed by atoms with E-state index in [-0.39, 0.29) is 30.7 Å². The van der Waals surface area contributed by atoms with Crippen molar-refractivity contribution in [2.45, 2.75) is 6.42 Å². The van der Waals surface area contributed by atoms with Crippen LogP contribution in [0.2, 0.25) is 0 Å². The molecule has 1 aliphatic rings. The summed E-state index contributed by atoms with van der Waals surface area (Å²) in [6, 6.07) is 16.0. The Kier molecular flexibility index (Phi) is 5.61. The summed E-state index contributed by atoms with van der Waals surface area (Å²) in [5, 5.41) is 2.66. The van der Waals surface area contributed by atoms with Crippen molar-refractivity contribution in [2.24, 2.45) is 0 Å². The van der Waals surface area contributed by atoms with Crippen LogP contribution in [0.4, 0.5) is 5.69 Å². The molecule has 3 aromatic rings. The Morgan fingerprint density at radius 1 is 0.903 bits per heavy atom. The van der Waals surface area contributed by atoms with E-state index in [9.17, 15) is 19.2 Å². The molecule has 0 saturated carbocycles. The van der Waals surface area contributed by atoms with Crippen molar-refractivity contribution >= 4 is 29.4 Å². The van der Waals surface area contributed by atoms with E-state index in [4.69, 9.17) is 9.15 Å². The molecule has 1 aliphatic heterocycles. The highest BCUT2D eigenvalue weighted by molar-refractivity contribution is 6.21. The van der Waals surface area contributed by atoms with Crippen LogP contribution in [0.25, 0.3) is 0 Å². The average molecular weight is 418 g/mol. The summed E-state index contributed by atoms with van der Waals surface area (Å²) >= 11 is 0. The lowest BCUT2D eigenvalue weighted by Crippen LogP contribution is -2.31. The summed E-state index contributed by atoms with van der Waals surface area (Å²) in [5.74, 6) is -1.42. The predicted molar refractivity (Wildman–Crippen MR) is 110 cm³/mol. The number of hydrogen-bond acceptors (Lipinski definition) is 6. The highest BCUT2D eigenvalue weighted by Crippen LogP contribution is 2.22. The Balaban J connectivity index is 1.24. The van der Waals surface area contributed by atoms with Gasteiger partial charge in [-0.15, -0.1) is 0 Å². The first-order chi connectivity index (χ1) is 15.0. The number of rotatable bonds is 7. The molecule has 0 spiro atoms. The topological polar surface area (TPSA) is 106 Å². The van der Waals surface area contributed by atoms with Gasteiger partial charge in [0.2, 0.25) is 0 Å². The number of anilines is 1. The number of imide groups is 1. The summed E-state index contributed by atoms with van der Waals surface area (Å²) in [6.45, 7) is 0.223. The van der Waals surface area contributed by atoms with Crippen molar-refractivity contribution in [1.29, 1.82) is 0 Å². The Morgan fingerprint density at radius 2 is 1.58 bits per heavy atom. The van der Waals surface area contributed by atoms with E-state index < -0.39 is 11.9 Å². The van der Waals surface area contributed by atoms with Crippen LogP contribution in [0.5, 0.6) is 0 Å². The lowest BCUT2D eigenvalue weighted by Gasteiger charge is -2.13. The first-order valence-corrected chi connectivity index (χ1v) is 9.62. The minimum atomic E-state index is -0.536. The van der Waals surface area contributed by atoms with Crippen LogP contribution in [0.15, 0.2) is 71.3 Å². The molecule has 2 aromatic carbocycles. The Labute approximate surface area is 177 Å².